The SMILES string of the molecule is O=C(NC1(C(=O)N2CCc3ccc(Oc4ccc(C(F)(F)F)cc4)cc3C2)CC1)C(F)(F)F. The zero-order chi connectivity index (χ0) is 24.0. The van der Waals surface area contributed by atoms with Crippen molar-refractivity contribution in [2.24, 2.45) is 0 Å². The Kier molecular flexibility index (Phi) is 5.53. The molecule has 0 atom stereocenters. The molecule has 1 heterocycles. The fraction of sp³-hybridized carbons (Fsp3) is 0.364. The van der Waals surface area contributed by atoms with Gasteiger partial charge in [0, 0.05) is 13.1 Å². The number of hydrogen-bond acceptors (Lipinski definition) is 3. The van der Waals surface area contributed by atoms with E-state index < -0.39 is 35.3 Å². The van der Waals surface area contributed by atoms with Gasteiger partial charge in [0.15, 0.2) is 0 Å². The Morgan fingerprint density at radius 1 is 0.909 bits per heavy atom. The average molecular weight is 472 g/mol. The van der Waals surface area contributed by atoms with Gasteiger partial charge in [0.2, 0.25) is 5.91 Å². The van der Waals surface area contributed by atoms with E-state index in [-0.39, 0.29) is 31.7 Å². The number of amides is 2. The van der Waals surface area contributed by atoms with Crippen molar-refractivity contribution in [3.63, 3.8) is 0 Å². The monoisotopic (exact) mass is 472 g/mol. The summed E-state index contributed by atoms with van der Waals surface area (Å²) in [4.78, 5) is 25.6. The highest BCUT2D eigenvalue weighted by Crippen LogP contribution is 2.40. The number of alkyl halides is 6. The van der Waals surface area contributed by atoms with Gasteiger partial charge in [0.25, 0.3) is 0 Å². The van der Waals surface area contributed by atoms with E-state index in [1.54, 1.807) is 18.2 Å². The van der Waals surface area contributed by atoms with Crippen LogP contribution in [0.1, 0.15) is 29.5 Å². The van der Waals surface area contributed by atoms with Crippen molar-refractivity contribution in [2.45, 2.75) is 43.7 Å². The molecule has 1 aliphatic heterocycles. The minimum Gasteiger partial charge on any atom is -0.457 e. The molecule has 1 N–H and O–H groups in total. The van der Waals surface area contributed by atoms with Gasteiger partial charge in [-0.15, -0.1) is 0 Å². The Morgan fingerprint density at radius 3 is 2.12 bits per heavy atom. The number of benzene rings is 2. The number of rotatable bonds is 4. The van der Waals surface area contributed by atoms with Crippen LogP contribution in [0.4, 0.5) is 26.3 Å². The maximum absolute atomic E-state index is 12.9. The van der Waals surface area contributed by atoms with E-state index in [1.165, 1.54) is 17.0 Å². The summed E-state index contributed by atoms with van der Waals surface area (Å²) >= 11 is 0. The van der Waals surface area contributed by atoms with Gasteiger partial charge < -0.3 is 15.0 Å². The van der Waals surface area contributed by atoms with Crippen LogP contribution in [-0.2, 0) is 28.7 Å². The zero-order valence-corrected chi connectivity index (χ0v) is 17.0. The maximum Gasteiger partial charge on any atom is 0.471 e. The van der Waals surface area contributed by atoms with Crippen molar-refractivity contribution >= 4 is 11.8 Å². The fourth-order valence-electron chi connectivity index (χ4n) is 3.73. The second-order valence-electron chi connectivity index (χ2n) is 8.07. The van der Waals surface area contributed by atoms with Crippen molar-refractivity contribution in [3.8, 4) is 11.5 Å². The molecule has 1 fully saturated rings. The van der Waals surface area contributed by atoms with Gasteiger partial charge in [0.05, 0.1) is 5.56 Å². The van der Waals surface area contributed by atoms with E-state index in [1.807, 2.05) is 5.32 Å². The number of carbonyl (C=O) groups is 2. The highest BCUT2D eigenvalue weighted by Gasteiger charge is 2.56. The number of nitrogens with zero attached hydrogens (tertiary/aromatic N) is 1. The molecule has 0 bridgehead atoms. The van der Waals surface area contributed by atoms with Crippen LogP contribution in [0.25, 0.3) is 0 Å². The predicted molar refractivity (Wildman–Crippen MR) is 103 cm³/mol. The topological polar surface area (TPSA) is 58.6 Å². The second kappa shape index (κ2) is 7.96. The Hall–Kier alpha value is -3.24. The van der Waals surface area contributed by atoms with Gasteiger partial charge in [-0.1, -0.05) is 6.07 Å². The predicted octanol–water partition coefficient (Wildman–Crippen LogP) is 4.59. The van der Waals surface area contributed by atoms with Gasteiger partial charge >= 0.3 is 18.3 Å². The molecule has 11 heteroatoms. The lowest BCUT2D eigenvalue weighted by Gasteiger charge is -2.32. The van der Waals surface area contributed by atoms with Gasteiger partial charge in [0.1, 0.15) is 17.0 Å². The van der Waals surface area contributed by atoms with Crippen LogP contribution in [0.5, 0.6) is 11.5 Å². The summed E-state index contributed by atoms with van der Waals surface area (Å²) in [5, 5.41) is 1.83. The molecule has 176 valence electrons. The quantitative estimate of drug-likeness (QED) is 0.663. The molecular formula is C22H18F6N2O3. The van der Waals surface area contributed by atoms with Crippen LogP contribution in [0.15, 0.2) is 42.5 Å². The first-order chi connectivity index (χ1) is 15.4. The zero-order valence-electron chi connectivity index (χ0n) is 17.0. The van der Waals surface area contributed by atoms with Gasteiger partial charge in [-0.2, -0.15) is 26.3 Å². The number of ether oxygens (including phenoxy) is 1. The molecule has 2 aromatic carbocycles. The minimum absolute atomic E-state index is 0.113. The van der Waals surface area contributed by atoms with E-state index in [4.69, 9.17) is 4.74 Å². The standard InChI is InChI=1S/C22H18F6N2O3/c23-21(24,25)15-2-5-16(6-3-15)33-17-4-1-13-7-10-30(12-14(13)11-17)19(32)20(8-9-20)29-18(31)22(26,27)28/h1-6,11H,7-10,12H2,(H,29,31). The van der Waals surface area contributed by atoms with Crippen LogP contribution >= 0.6 is 0 Å². The lowest BCUT2D eigenvalue weighted by atomic mass is 9.98. The van der Waals surface area contributed by atoms with Gasteiger partial charge in [-0.05, 0) is 66.8 Å². The largest absolute Gasteiger partial charge is 0.471 e. The Bertz CT molecular complexity index is 1080. The molecule has 0 saturated heterocycles. The summed E-state index contributed by atoms with van der Waals surface area (Å²) in [6.45, 7) is 0.399. The second-order valence-corrected chi connectivity index (χ2v) is 8.07. The van der Waals surface area contributed by atoms with E-state index >= 15 is 0 Å². The molecule has 0 radical (unpaired) electrons. The van der Waals surface area contributed by atoms with Crippen molar-refractivity contribution in [1.29, 1.82) is 0 Å². The number of fused-ring (bicyclic) bond motifs is 1. The van der Waals surface area contributed by atoms with Gasteiger partial charge in [-0.3, -0.25) is 9.59 Å². The van der Waals surface area contributed by atoms with Crippen molar-refractivity contribution in [3.05, 3.63) is 59.2 Å². The molecule has 0 aromatic heterocycles. The average Bonchev–Trinajstić information content (AvgIpc) is 3.52. The smallest absolute Gasteiger partial charge is 0.457 e. The molecule has 2 amide bonds. The Labute approximate surface area is 184 Å². The summed E-state index contributed by atoms with van der Waals surface area (Å²) in [6, 6.07) is 9.25. The molecule has 5 nitrogen and oxygen atoms in total. The number of hydrogen-bond donors (Lipinski definition) is 1. The number of nitrogens with one attached hydrogen (secondary N) is 1. The third-order valence-corrected chi connectivity index (χ3v) is 5.66. The third kappa shape index (κ3) is 4.91. The molecular weight excluding hydrogens is 454 g/mol. The van der Waals surface area contributed by atoms with Gasteiger partial charge in [-0.25, -0.2) is 0 Å². The van der Waals surface area contributed by atoms with Crippen molar-refractivity contribution in [2.75, 3.05) is 6.54 Å². The minimum atomic E-state index is -5.07. The highest BCUT2D eigenvalue weighted by molar-refractivity contribution is 5.95. The number of carbonyl (C=O) groups excluding carboxylic acids is 2. The van der Waals surface area contributed by atoms with Crippen LogP contribution in [0.2, 0.25) is 0 Å². The first-order valence-corrected chi connectivity index (χ1v) is 10.0. The lowest BCUT2D eigenvalue weighted by molar-refractivity contribution is -0.175. The van der Waals surface area contributed by atoms with Crippen LogP contribution in [0.3, 0.4) is 0 Å². The van der Waals surface area contributed by atoms with Crippen LogP contribution in [0, 0.1) is 0 Å². The molecule has 0 spiro atoms. The van der Waals surface area contributed by atoms with Crippen LogP contribution in [-0.4, -0.2) is 35.0 Å². The summed E-state index contributed by atoms with van der Waals surface area (Å²) < 4.78 is 81.6. The molecule has 4 rings (SSSR count). The summed E-state index contributed by atoms with van der Waals surface area (Å²) in [6.07, 6.45) is -8.80. The normalized spacial score (nSPS) is 17.2. The first-order valence-electron chi connectivity index (χ1n) is 10.0. The third-order valence-electron chi connectivity index (χ3n) is 5.66. The number of halogens is 6. The molecule has 0 unspecified atom stereocenters. The van der Waals surface area contributed by atoms with E-state index in [0.717, 1.165) is 17.7 Å². The molecule has 2 aromatic rings. The fourth-order valence-corrected chi connectivity index (χ4v) is 3.73. The van der Waals surface area contributed by atoms with Crippen molar-refractivity contribution < 1.29 is 40.7 Å². The molecule has 1 aliphatic carbocycles. The molecule has 33 heavy (non-hydrogen) atoms. The maximum atomic E-state index is 12.9. The van der Waals surface area contributed by atoms with E-state index in [2.05, 4.69) is 0 Å². The Balaban J connectivity index is 1.45. The summed E-state index contributed by atoms with van der Waals surface area (Å²) in [5.41, 5.74) is -0.709. The summed E-state index contributed by atoms with van der Waals surface area (Å²) in [5.74, 6) is -2.18. The summed E-state index contributed by atoms with van der Waals surface area (Å²) in [7, 11) is 0. The Morgan fingerprint density at radius 2 is 1.55 bits per heavy atom. The van der Waals surface area contributed by atoms with Crippen LogP contribution < -0.4 is 10.1 Å². The lowest BCUT2D eigenvalue weighted by Crippen LogP contribution is -2.54. The first kappa shape index (κ1) is 22.9. The van der Waals surface area contributed by atoms with E-state index in [0.29, 0.717) is 17.7 Å². The highest BCUT2D eigenvalue weighted by atomic mass is 19.4. The van der Waals surface area contributed by atoms with Crippen molar-refractivity contribution in [1.82, 2.24) is 10.2 Å². The molecule has 1 saturated carbocycles. The molecule has 2 aliphatic rings. The van der Waals surface area contributed by atoms with E-state index in [9.17, 15) is 35.9 Å².